The van der Waals surface area contributed by atoms with E-state index in [1.54, 1.807) is 36.4 Å². The van der Waals surface area contributed by atoms with Crippen molar-refractivity contribution in [2.24, 2.45) is 0 Å². The monoisotopic (exact) mass is 438 g/mol. The van der Waals surface area contributed by atoms with Crippen LogP contribution in [-0.4, -0.2) is 15.9 Å². The van der Waals surface area contributed by atoms with E-state index in [1.165, 1.54) is 6.07 Å². The van der Waals surface area contributed by atoms with Crippen LogP contribution in [0.2, 0.25) is 5.02 Å². The average Bonchev–Trinajstić information content (AvgIpc) is 2.76. The molecule has 7 nitrogen and oxygen atoms in total. The van der Waals surface area contributed by atoms with Gasteiger partial charge in [-0.2, -0.15) is 0 Å². The number of esters is 1. The molecule has 0 radical (unpaired) electrons. The summed E-state index contributed by atoms with van der Waals surface area (Å²) >= 11 is 6.29. The van der Waals surface area contributed by atoms with Crippen molar-refractivity contribution in [2.45, 2.75) is 32.8 Å². The lowest BCUT2D eigenvalue weighted by molar-refractivity contribution is -0.144. The number of aryl methyl sites for hydroxylation is 2. The van der Waals surface area contributed by atoms with Crippen LogP contribution >= 0.6 is 11.6 Å². The molecule has 0 atom stereocenters. The zero-order valence-corrected chi connectivity index (χ0v) is 17.5. The Morgan fingerprint density at radius 1 is 1.13 bits per heavy atom. The number of benzene rings is 2. The van der Waals surface area contributed by atoms with E-state index in [2.05, 4.69) is 9.97 Å². The lowest BCUT2D eigenvalue weighted by Gasteiger charge is -2.09. The van der Waals surface area contributed by atoms with Crippen LogP contribution in [0.1, 0.15) is 30.3 Å². The lowest BCUT2D eigenvalue weighted by Crippen LogP contribution is -2.14. The van der Waals surface area contributed by atoms with E-state index in [9.17, 15) is 14.4 Å². The minimum absolute atomic E-state index is 0.0292. The molecule has 158 valence electrons. The highest BCUT2D eigenvalue weighted by atomic mass is 35.5. The molecule has 0 bridgehead atoms. The molecule has 0 unspecified atom stereocenters. The average molecular weight is 439 g/mol. The Labute approximate surface area is 181 Å². The molecule has 1 N–H and O–H groups in total. The second kappa shape index (κ2) is 8.73. The molecular weight excluding hydrogens is 420 g/mol. The molecule has 2 heterocycles. The standard InChI is InChI=1S/C23H19ClN2O5/c1-2-13-9-19-16(11-17(13)24)14(10-22(28)31-19)12-30-21(27)8-7-20-25-18-6-4-3-5-15(18)23(29)26-20/h3-6,9-11H,2,7-8,12H2,1H3,(H,25,26,29). The number of aromatic amines is 1. The van der Waals surface area contributed by atoms with Gasteiger partial charge in [-0.1, -0.05) is 30.7 Å². The molecule has 0 aliphatic rings. The number of halogens is 1. The predicted molar refractivity (Wildman–Crippen MR) is 117 cm³/mol. The second-order valence-electron chi connectivity index (χ2n) is 7.07. The van der Waals surface area contributed by atoms with Crippen LogP contribution in [0.3, 0.4) is 0 Å². The predicted octanol–water partition coefficient (Wildman–Crippen LogP) is 3.92. The summed E-state index contributed by atoms with van der Waals surface area (Å²) in [5, 5.41) is 1.67. The number of rotatable bonds is 6. The molecule has 0 saturated carbocycles. The molecule has 2 aromatic heterocycles. The van der Waals surface area contributed by atoms with E-state index < -0.39 is 11.6 Å². The molecule has 0 aliphatic carbocycles. The van der Waals surface area contributed by atoms with Gasteiger partial charge in [-0.15, -0.1) is 0 Å². The Morgan fingerprint density at radius 2 is 1.94 bits per heavy atom. The SMILES string of the molecule is CCc1cc2oc(=O)cc(COC(=O)CCc3nc4ccccc4c(=O)[nH]3)c2cc1Cl. The third kappa shape index (κ3) is 4.51. The van der Waals surface area contributed by atoms with E-state index >= 15 is 0 Å². The van der Waals surface area contributed by atoms with Gasteiger partial charge in [-0.25, -0.2) is 9.78 Å². The minimum Gasteiger partial charge on any atom is -0.461 e. The highest BCUT2D eigenvalue weighted by molar-refractivity contribution is 6.32. The largest absolute Gasteiger partial charge is 0.461 e. The van der Waals surface area contributed by atoms with Gasteiger partial charge in [0.25, 0.3) is 5.56 Å². The number of nitrogens with zero attached hydrogens (tertiary/aromatic N) is 1. The second-order valence-corrected chi connectivity index (χ2v) is 7.48. The molecule has 4 rings (SSSR count). The highest BCUT2D eigenvalue weighted by Crippen LogP contribution is 2.26. The maximum atomic E-state index is 12.3. The first kappa shape index (κ1) is 20.8. The topological polar surface area (TPSA) is 102 Å². The van der Waals surface area contributed by atoms with Crippen molar-refractivity contribution < 1.29 is 13.9 Å². The number of hydrogen-bond acceptors (Lipinski definition) is 6. The van der Waals surface area contributed by atoms with Crippen LogP contribution in [-0.2, 0) is 29.0 Å². The fourth-order valence-corrected chi connectivity index (χ4v) is 3.68. The van der Waals surface area contributed by atoms with Crippen LogP contribution in [0.15, 0.2) is 56.5 Å². The van der Waals surface area contributed by atoms with Crippen LogP contribution in [0.5, 0.6) is 0 Å². The minimum atomic E-state index is -0.527. The van der Waals surface area contributed by atoms with Gasteiger partial charge in [0.2, 0.25) is 0 Å². The fraction of sp³-hybridized carbons (Fsp3) is 0.217. The van der Waals surface area contributed by atoms with E-state index in [-0.39, 0.29) is 25.0 Å². The number of aromatic nitrogens is 2. The van der Waals surface area contributed by atoms with E-state index in [1.807, 2.05) is 6.92 Å². The van der Waals surface area contributed by atoms with Crippen LogP contribution < -0.4 is 11.2 Å². The molecular formula is C23H19ClN2O5. The Bertz CT molecular complexity index is 1410. The van der Waals surface area contributed by atoms with Crippen molar-refractivity contribution in [2.75, 3.05) is 0 Å². The highest BCUT2D eigenvalue weighted by Gasteiger charge is 2.13. The first-order chi connectivity index (χ1) is 14.9. The summed E-state index contributed by atoms with van der Waals surface area (Å²) in [4.78, 5) is 43.3. The lowest BCUT2D eigenvalue weighted by atomic mass is 10.1. The van der Waals surface area contributed by atoms with Crippen LogP contribution in [0.4, 0.5) is 0 Å². The number of carbonyl (C=O) groups is 1. The summed E-state index contributed by atoms with van der Waals surface area (Å²) in [6.07, 6.45) is 0.951. The van der Waals surface area contributed by atoms with E-state index in [0.29, 0.717) is 44.7 Å². The normalized spacial score (nSPS) is 11.2. The molecule has 0 spiro atoms. The molecule has 2 aromatic carbocycles. The maximum Gasteiger partial charge on any atom is 0.336 e. The number of carbonyl (C=O) groups excluding carboxylic acids is 1. The Morgan fingerprint density at radius 3 is 2.74 bits per heavy atom. The molecule has 0 fully saturated rings. The Hall–Kier alpha value is -3.45. The van der Waals surface area contributed by atoms with Gasteiger partial charge >= 0.3 is 11.6 Å². The number of para-hydroxylation sites is 1. The maximum absolute atomic E-state index is 12.3. The van der Waals surface area contributed by atoms with Crippen molar-refractivity contribution in [3.63, 3.8) is 0 Å². The van der Waals surface area contributed by atoms with Crippen molar-refractivity contribution in [1.82, 2.24) is 9.97 Å². The third-order valence-corrected chi connectivity index (χ3v) is 5.35. The number of ether oxygens (including phenoxy) is 1. The summed E-state index contributed by atoms with van der Waals surface area (Å²) in [6.45, 7) is 1.86. The summed E-state index contributed by atoms with van der Waals surface area (Å²) < 4.78 is 10.6. The zero-order chi connectivity index (χ0) is 22.0. The molecule has 0 aliphatic heterocycles. The number of hydrogen-bond donors (Lipinski definition) is 1. The molecule has 0 amide bonds. The summed E-state index contributed by atoms with van der Waals surface area (Å²) in [5.41, 5.74) is 1.57. The molecule has 4 aromatic rings. The van der Waals surface area contributed by atoms with Gasteiger partial charge in [-0.3, -0.25) is 9.59 Å². The van der Waals surface area contributed by atoms with Gasteiger partial charge in [0, 0.05) is 28.5 Å². The molecule has 8 heteroatoms. The molecule has 0 saturated heterocycles. The van der Waals surface area contributed by atoms with Gasteiger partial charge < -0.3 is 14.1 Å². The van der Waals surface area contributed by atoms with Crippen LogP contribution in [0, 0.1) is 0 Å². The van der Waals surface area contributed by atoms with Gasteiger partial charge in [-0.05, 0) is 36.2 Å². The fourth-order valence-electron chi connectivity index (χ4n) is 3.38. The van der Waals surface area contributed by atoms with Gasteiger partial charge in [0.05, 0.1) is 17.3 Å². The van der Waals surface area contributed by atoms with Crippen molar-refractivity contribution in [3.05, 3.63) is 85.2 Å². The quantitative estimate of drug-likeness (QED) is 0.361. The number of fused-ring (bicyclic) bond motifs is 2. The molecule has 31 heavy (non-hydrogen) atoms. The Kier molecular flexibility index (Phi) is 5.86. The third-order valence-electron chi connectivity index (χ3n) is 4.99. The van der Waals surface area contributed by atoms with Crippen LogP contribution in [0.25, 0.3) is 21.9 Å². The van der Waals surface area contributed by atoms with Crippen molar-refractivity contribution >= 4 is 39.4 Å². The van der Waals surface area contributed by atoms with E-state index in [0.717, 1.165) is 5.56 Å². The summed E-state index contributed by atoms with van der Waals surface area (Å²) in [6, 6.07) is 11.7. The first-order valence-corrected chi connectivity index (χ1v) is 10.2. The van der Waals surface area contributed by atoms with Crippen molar-refractivity contribution in [3.8, 4) is 0 Å². The smallest absolute Gasteiger partial charge is 0.336 e. The summed E-state index contributed by atoms with van der Waals surface area (Å²) in [5.74, 6) is -0.0706. The van der Waals surface area contributed by atoms with Crippen molar-refractivity contribution in [1.29, 1.82) is 0 Å². The Balaban J connectivity index is 1.47. The number of nitrogens with one attached hydrogen (secondary N) is 1. The number of H-pyrrole nitrogens is 1. The van der Waals surface area contributed by atoms with Gasteiger partial charge in [0.15, 0.2) is 0 Å². The van der Waals surface area contributed by atoms with Gasteiger partial charge in [0.1, 0.15) is 18.0 Å². The zero-order valence-electron chi connectivity index (χ0n) is 16.7. The summed E-state index contributed by atoms with van der Waals surface area (Å²) in [7, 11) is 0. The van der Waals surface area contributed by atoms with E-state index in [4.69, 9.17) is 20.8 Å². The first-order valence-electron chi connectivity index (χ1n) is 9.83.